The number of hydrogen-bond donors (Lipinski definition) is 0. The molecule has 0 radical (unpaired) electrons. The van der Waals surface area contributed by atoms with E-state index in [0.717, 1.165) is 55.2 Å². The average Bonchev–Trinajstić information content (AvgIpc) is 2.93. The van der Waals surface area contributed by atoms with Crippen molar-refractivity contribution in [2.45, 2.75) is 26.3 Å². The topological polar surface area (TPSA) is 56.1 Å². The zero-order valence-corrected chi connectivity index (χ0v) is 14.1. The molecular weight excluding hydrogens is 302 g/mol. The molecule has 3 heterocycles. The fraction of sp³-hybridized carbons (Fsp3) is 0.389. The predicted octanol–water partition coefficient (Wildman–Crippen LogP) is 2.46. The Kier molecular flexibility index (Phi) is 3.80. The minimum atomic E-state index is 0.857. The van der Waals surface area contributed by atoms with E-state index in [1.807, 2.05) is 12.4 Å². The van der Waals surface area contributed by atoms with Crippen LogP contribution in [0.15, 0.2) is 30.9 Å². The first-order chi connectivity index (χ1) is 11.8. The molecule has 124 valence electrons. The van der Waals surface area contributed by atoms with Crippen molar-refractivity contribution in [1.29, 1.82) is 0 Å². The molecule has 0 unspecified atom stereocenters. The summed E-state index contributed by atoms with van der Waals surface area (Å²) in [6, 6.07) is 6.31. The van der Waals surface area contributed by atoms with Crippen molar-refractivity contribution in [3.8, 4) is 5.75 Å². The van der Waals surface area contributed by atoms with Crippen LogP contribution in [0.25, 0.3) is 11.2 Å². The third kappa shape index (κ3) is 2.38. The molecule has 0 spiro atoms. The maximum Gasteiger partial charge on any atom is 0.165 e. The van der Waals surface area contributed by atoms with Gasteiger partial charge in [0.25, 0.3) is 0 Å². The van der Waals surface area contributed by atoms with Crippen molar-refractivity contribution in [2.75, 3.05) is 25.1 Å². The lowest BCUT2D eigenvalue weighted by Crippen LogP contribution is -2.27. The predicted molar refractivity (Wildman–Crippen MR) is 93.6 cm³/mol. The number of benzene rings is 1. The minimum Gasteiger partial charge on any atom is -0.496 e. The van der Waals surface area contributed by atoms with Crippen LogP contribution in [-0.4, -0.2) is 39.7 Å². The normalized spacial score (nSPS) is 14.5. The van der Waals surface area contributed by atoms with Gasteiger partial charge in [0.05, 0.1) is 13.4 Å². The minimum absolute atomic E-state index is 0.857. The molecule has 0 fully saturated rings. The number of rotatable bonds is 3. The van der Waals surface area contributed by atoms with Crippen LogP contribution in [-0.2, 0) is 19.4 Å². The van der Waals surface area contributed by atoms with E-state index in [0.29, 0.717) is 0 Å². The Morgan fingerprint density at radius 2 is 2.00 bits per heavy atom. The molecule has 1 aromatic carbocycles. The molecule has 1 aliphatic heterocycles. The maximum atomic E-state index is 5.54. The van der Waals surface area contributed by atoms with Crippen LogP contribution < -0.4 is 9.64 Å². The number of imidazole rings is 1. The zero-order chi connectivity index (χ0) is 16.5. The number of hydrogen-bond acceptors (Lipinski definition) is 5. The van der Waals surface area contributed by atoms with E-state index >= 15 is 0 Å². The van der Waals surface area contributed by atoms with Crippen molar-refractivity contribution >= 4 is 17.0 Å². The van der Waals surface area contributed by atoms with Gasteiger partial charge < -0.3 is 14.2 Å². The van der Waals surface area contributed by atoms with E-state index in [9.17, 15) is 0 Å². The molecule has 6 nitrogen and oxygen atoms in total. The number of fused-ring (bicyclic) bond motifs is 2. The number of ether oxygens (including phenoxy) is 1. The van der Waals surface area contributed by atoms with Gasteiger partial charge in [0.15, 0.2) is 17.0 Å². The highest BCUT2D eigenvalue weighted by molar-refractivity contribution is 5.83. The number of nitrogens with zero attached hydrogens (tertiary/aromatic N) is 5. The van der Waals surface area contributed by atoms with Gasteiger partial charge in [0.1, 0.15) is 12.1 Å². The van der Waals surface area contributed by atoms with Crippen molar-refractivity contribution in [2.24, 2.45) is 0 Å². The number of methoxy groups -OCH3 is 1. The summed E-state index contributed by atoms with van der Waals surface area (Å²) in [5.41, 5.74) is 4.47. The van der Waals surface area contributed by atoms with Gasteiger partial charge in [-0.3, -0.25) is 0 Å². The SMILES string of the molecule is CCn1cnc2c(N3CCc4cccc(OC)c4CC3)ncnc21. The third-order valence-electron chi connectivity index (χ3n) is 4.75. The lowest BCUT2D eigenvalue weighted by molar-refractivity contribution is 0.409. The van der Waals surface area contributed by atoms with Crippen LogP contribution in [0.4, 0.5) is 5.82 Å². The molecule has 0 bridgehead atoms. The largest absolute Gasteiger partial charge is 0.496 e. The van der Waals surface area contributed by atoms with Crippen molar-refractivity contribution < 1.29 is 4.74 Å². The Morgan fingerprint density at radius 3 is 2.83 bits per heavy atom. The lowest BCUT2D eigenvalue weighted by atomic mass is 10.0. The second-order valence-electron chi connectivity index (χ2n) is 5.99. The Hall–Kier alpha value is -2.63. The summed E-state index contributed by atoms with van der Waals surface area (Å²) in [5, 5.41) is 0. The van der Waals surface area contributed by atoms with Crippen LogP contribution in [0.3, 0.4) is 0 Å². The number of aryl methyl sites for hydroxylation is 1. The van der Waals surface area contributed by atoms with E-state index < -0.39 is 0 Å². The van der Waals surface area contributed by atoms with Gasteiger partial charge >= 0.3 is 0 Å². The molecule has 3 aromatic rings. The maximum absolute atomic E-state index is 5.54. The number of anilines is 1. The monoisotopic (exact) mass is 323 g/mol. The van der Waals surface area contributed by atoms with E-state index in [-0.39, 0.29) is 0 Å². The van der Waals surface area contributed by atoms with Crippen molar-refractivity contribution in [3.05, 3.63) is 42.0 Å². The van der Waals surface area contributed by atoms with Crippen molar-refractivity contribution in [1.82, 2.24) is 19.5 Å². The summed E-state index contributed by atoms with van der Waals surface area (Å²) < 4.78 is 7.59. The Balaban J connectivity index is 1.69. The fourth-order valence-electron chi connectivity index (χ4n) is 3.48. The second kappa shape index (κ2) is 6.11. The summed E-state index contributed by atoms with van der Waals surface area (Å²) in [6.07, 6.45) is 5.41. The first-order valence-electron chi connectivity index (χ1n) is 8.37. The highest BCUT2D eigenvalue weighted by atomic mass is 16.5. The van der Waals surface area contributed by atoms with Crippen LogP contribution >= 0.6 is 0 Å². The van der Waals surface area contributed by atoms with Gasteiger partial charge in [-0.05, 0) is 37.0 Å². The van der Waals surface area contributed by atoms with E-state index in [1.165, 1.54) is 11.1 Å². The Bertz CT molecular complexity index is 873. The summed E-state index contributed by atoms with van der Waals surface area (Å²) in [7, 11) is 1.74. The van der Waals surface area contributed by atoms with E-state index in [4.69, 9.17) is 4.74 Å². The van der Waals surface area contributed by atoms with Crippen LogP contribution in [0.5, 0.6) is 5.75 Å². The third-order valence-corrected chi connectivity index (χ3v) is 4.75. The van der Waals surface area contributed by atoms with E-state index in [2.05, 4.69) is 43.5 Å². The van der Waals surface area contributed by atoms with Gasteiger partial charge in [-0.1, -0.05) is 12.1 Å². The molecule has 24 heavy (non-hydrogen) atoms. The lowest BCUT2D eigenvalue weighted by Gasteiger charge is -2.21. The highest BCUT2D eigenvalue weighted by Crippen LogP contribution is 2.29. The highest BCUT2D eigenvalue weighted by Gasteiger charge is 2.21. The van der Waals surface area contributed by atoms with Gasteiger partial charge in [-0.15, -0.1) is 0 Å². The summed E-state index contributed by atoms with van der Waals surface area (Å²) in [6.45, 7) is 4.77. The van der Waals surface area contributed by atoms with Gasteiger partial charge in [-0.2, -0.15) is 0 Å². The van der Waals surface area contributed by atoms with Crippen molar-refractivity contribution in [3.63, 3.8) is 0 Å². The smallest absolute Gasteiger partial charge is 0.165 e. The first kappa shape index (κ1) is 14.9. The summed E-state index contributed by atoms with van der Waals surface area (Å²) >= 11 is 0. The van der Waals surface area contributed by atoms with Crippen LogP contribution in [0.2, 0.25) is 0 Å². The molecule has 0 amide bonds. The quantitative estimate of drug-likeness (QED) is 0.741. The summed E-state index contributed by atoms with van der Waals surface area (Å²) in [4.78, 5) is 15.8. The summed E-state index contributed by atoms with van der Waals surface area (Å²) in [5.74, 6) is 1.91. The Morgan fingerprint density at radius 1 is 1.12 bits per heavy atom. The average molecular weight is 323 g/mol. The second-order valence-corrected chi connectivity index (χ2v) is 5.99. The molecule has 0 saturated carbocycles. The van der Waals surface area contributed by atoms with Gasteiger partial charge in [0, 0.05) is 19.6 Å². The molecule has 0 saturated heterocycles. The molecule has 0 N–H and O–H groups in total. The molecule has 2 aromatic heterocycles. The van der Waals surface area contributed by atoms with Gasteiger partial charge in [0.2, 0.25) is 0 Å². The Labute approximate surface area is 141 Å². The molecule has 1 aliphatic rings. The zero-order valence-electron chi connectivity index (χ0n) is 14.1. The molecule has 0 atom stereocenters. The standard InChI is InChI=1S/C18H21N5O/c1-3-22-12-21-16-17(22)19-11-20-18(16)23-9-7-13-5-4-6-15(24-2)14(13)8-10-23/h4-6,11-12H,3,7-10H2,1-2H3. The molecule has 6 heteroatoms. The van der Waals surface area contributed by atoms with Gasteiger partial charge in [-0.25, -0.2) is 15.0 Å². The number of aromatic nitrogens is 4. The molecular formula is C18H21N5O. The molecule has 4 rings (SSSR count). The van der Waals surface area contributed by atoms with E-state index in [1.54, 1.807) is 13.4 Å². The molecule has 0 aliphatic carbocycles. The fourth-order valence-corrected chi connectivity index (χ4v) is 3.48. The first-order valence-corrected chi connectivity index (χ1v) is 8.37. The van der Waals surface area contributed by atoms with Crippen LogP contribution in [0.1, 0.15) is 18.1 Å². The van der Waals surface area contributed by atoms with Crippen LogP contribution in [0, 0.1) is 0 Å².